The van der Waals surface area contributed by atoms with Crippen molar-refractivity contribution in [2.24, 2.45) is 5.92 Å². The van der Waals surface area contributed by atoms with Gasteiger partial charge in [-0.1, -0.05) is 56.3 Å². The summed E-state index contributed by atoms with van der Waals surface area (Å²) in [6.07, 6.45) is 1.00. The van der Waals surface area contributed by atoms with Gasteiger partial charge in [-0.05, 0) is 35.1 Å². The predicted octanol–water partition coefficient (Wildman–Crippen LogP) is 4.25. The zero-order chi connectivity index (χ0) is 13.8. The molecule has 0 aliphatic rings. The van der Waals surface area contributed by atoms with Crippen LogP contribution in [-0.2, 0) is 6.42 Å². The number of hydrogen-bond acceptors (Lipinski definition) is 1. The molecule has 0 aliphatic carbocycles. The van der Waals surface area contributed by atoms with Crippen LogP contribution in [0.1, 0.15) is 29.8 Å². The third-order valence-electron chi connectivity index (χ3n) is 3.04. The first-order valence-electron chi connectivity index (χ1n) is 6.49. The van der Waals surface area contributed by atoms with Crippen molar-refractivity contribution in [2.75, 3.05) is 0 Å². The van der Waals surface area contributed by atoms with E-state index in [-0.39, 0.29) is 0 Å². The highest BCUT2D eigenvalue weighted by Crippen LogP contribution is 2.25. The quantitative estimate of drug-likeness (QED) is 0.885. The maximum atomic E-state index is 11.3. The van der Waals surface area contributed by atoms with Crippen LogP contribution in [0.15, 0.2) is 48.5 Å². The van der Waals surface area contributed by atoms with Crippen LogP contribution in [0.4, 0.5) is 0 Å². The van der Waals surface area contributed by atoms with E-state index in [1.165, 1.54) is 5.56 Å². The molecule has 1 N–H and O–H groups in total. The Labute approximate surface area is 113 Å². The molecule has 0 aromatic heterocycles. The van der Waals surface area contributed by atoms with Gasteiger partial charge in [0.05, 0.1) is 5.56 Å². The number of carboxylic acid groups (broad SMARTS) is 1. The highest BCUT2D eigenvalue weighted by Gasteiger charge is 2.11. The van der Waals surface area contributed by atoms with Crippen LogP contribution in [0, 0.1) is 5.92 Å². The van der Waals surface area contributed by atoms with Crippen molar-refractivity contribution >= 4 is 5.97 Å². The molecule has 0 unspecified atom stereocenters. The summed E-state index contributed by atoms with van der Waals surface area (Å²) < 4.78 is 0. The van der Waals surface area contributed by atoms with Gasteiger partial charge in [-0.25, -0.2) is 4.79 Å². The molecule has 0 amide bonds. The summed E-state index contributed by atoms with van der Waals surface area (Å²) in [7, 11) is 0. The first kappa shape index (κ1) is 13.3. The molecule has 2 aromatic carbocycles. The maximum Gasteiger partial charge on any atom is 0.336 e. The molecule has 2 aromatic rings. The minimum atomic E-state index is -0.884. The molecule has 0 spiro atoms. The smallest absolute Gasteiger partial charge is 0.336 e. The molecule has 0 heterocycles. The van der Waals surface area contributed by atoms with Crippen LogP contribution in [0.2, 0.25) is 0 Å². The van der Waals surface area contributed by atoms with Crippen molar-refractivity contribution in [3.05, 3.63) is 59.7 Å². The number of benzene rings is 2. The van der Waals surface area contributed by atoms with Crippen LogP contribution < -0.4 is 0 Å². The highest BCUT2D eigenvalue weighted by molar-refractivity contribution is 5.96. The van der Waals surface area contributed by atoms with Gasteiger partial charge in [0.25, 0.3) is 0 Å². The van der Waals surface area contributed by atoms with Crippen molar-refractivity contribution in [2.45, 2.75) is 20.3 Å². The number of rotatable bonds is 4. The lowest BCUT2D eigenvalue weighted by molar-refractivity contribution is 0.0697. The Morgan fingerprint density at radius 2 is 1.84 bits per heavy atom. The van der Waals surface area contributed by atoms with Gasteiger partial charge < -0.3 is 5.11 Å². The average Bonchev–Trinajstić information content (AvgIpc) is 2.38. The molecule has 98 valence electrons. The number of hydrogen-bond donors (Lipinski definition) is 1. The Kier molecular flexibility index (Phi) is 4.00. The van der Waals surface area contributed by atoms with Gasteiger partial charge >= 0.3 is 5.97 Å². The number of carbonyl (C=O) groups is 1. The van der Waals surface area contributed by atoms with Gasteiger partial charge in [0, 0.05) is 0 Å². The zero-order valence-corrected chi connectivity index (χ0v) is 11.3. The van der Waals surface area contributed by atoms with Crippen LogP contribution in [0.5, 0.6) is 0 Å². The second-order valence-corrected chi connectivity index (χ2v) is 5.15. The second-order valence-electron chi connectivity index (χ2n) is 5.15. The van der Waals surface area contributed by atoms with Gasteiger partial charge in [-0.2, -0.15) is 0 Å². The highest BCUT2D eigenvalue weighted by atomic mass is 16.4. The van der Waals surface area contributed by atoms with Gasteiger partial charge in [0.15, 0.2) is 0 Å². The van der Waals surface area contributed by atoms with Gasteiger partial charge in [0.2, 0.25) is 0 Å². The van der Waals surface area contributed by atoms with Gasteiger partial charge in [0.1, 0.15) is 0 Å². The minimum absolute atomic E-state index is 0.351. The summed E-state index contributed by atoms with van der Waals surface area (Å²) in [5.41, 5.74) is 3.34. The fourth-order valence-electron chi connectivity index (χ4n) is 2.26. The normalized spacial score (nSPS) is 10.7. The van der Waals surface area contributed by atoms with Crippen molar-refractivity contribution < 1.29 is 9.90 Å². The molecular weight excluding hydrogens is 236 g/mol. The molecule has 0 saturated heterocycles. The summed E-state index contributed by atoms with van der Waals surface area (Å²) in [6, 6.07) is 15.3. The topological polar surface area (TPSA) is 37.3 Å². The molecule has 0 fully saturated rings. The van der Waals surface area contributed by atoms with Gasteiger partial charge in [-0.3, -0.25) is 0 Å². The van der Waals surface area contributed by atoms with Crippen LogP contribution >= 0.6 is 0 Å². The SMILES string of the molecule is CC(C)Cc1cccc(-c2ccccc2C(=O)O)c1. The lowest BCUT2D eigenvalue weighted by Crippen LogP contribution is -2.00. The zero-order valence-electron chi connectivity index (χ0n) is 11.3. The van der Waals surface area contributed by atoms with Crippen LogP contribution in [0.25, 0.3) is 11.1 Å². The van der Waals surface area contributed by atoms with E-state index >= 15 is 0 Å². The van der Waals surface area contributed by atoms with E-state index in [0.29, 0.717) is 11.5 Å². The second kappa shape index (κ2) is 5.70. The van der Waals surface area contributed by atoms with Crippen molar-refractivity contribution in [3.8, 4) is 11.1 Å². The fraction of sp³-hybridized carbons (Fsp3) is 0.235. The molecule has 0 saturated carbocycles. The molecular formula is C17H18O2. The maximum absolute atomic E-state index is 11.3. The largest absolute Gasteiger partial charge is 0.478 e. The molecule has 0 radical (unpaired) electrons. The van der Waals surface area contributed by atoms with E-state index < -0.39 is 5.97 Å². The Morgan fingerprint density at radius 1 is 1.11 bits per heavy atom. The van der Waals surface area contributed by atoms with E-state index in [1.807, 2.05) is 24.3 Å². The Balaban J connectivity index is 2.44. The lowest BCUT2D eigenvalue weighted by atomic mass is 9.95. The van der Waals surface area contributed by atoms with Crippen LogP contribution in [-0.4, -0.2) is 11.1 Å². The molecule has 0 bridgehead atoms. The minimum Gasteiger partial charge on any atom is -0.478 e. The van der Waals surface area contributed by atoms with Crippen molar-refractivity contribution in [1.29, 1.82) is 0 Å². The summed E-state index contributed by atoms with van der Waals surface area (Å²) in [5, 5.41) is 9.24. The van der Waals surface area contributed by atoms with E-state index in [4.69, 9.17) is 0 Å². The van der Waals surface area contributed by atoms with E-state index in [2.05, 4.69) is 26.0 Å². The Morgan fingerprint density at radius 3 is 2.53 bits per heavy atom. The Hall–Kier alpha value is -2.09. The first-order valence-corrected chi connectivity index (χ1v) is 6.49. The number of aromatic carboxylic acids is 1. The van der Waals surface area contributed by atoms with Crippen molar-refractivity contribution in [1.82, 2.24) is 0 Å². The summed E-state index contributed by atoms with van der Waals surface area (Å²) in [5.74, 6) is -0.296. The first-order chi connectivity index (χ1) is 9.08. The van der Waals surface area contributed by atoms with Crippen LogP contribution in [0.3, 0.4) is 0 Å². The molecule has 2 nitrogen and oxygen atoms in total. The lowest BCUT2D eigenvalue weighted by Gasteiger charge is -2.09. The van der Waals surface area contributed by atoms with E-state index in [0.717, 1.165) is 17.5 Å². The standard InChI is InChI=1S/C17H18O2/c1-12(2)10-13-6-5-7-14(11-13)15-8-3-4-9-16(15)17(18)19/h3-9,11-12H,10H2,1-2H3,(H,18,19). The molecule has 2 heteroatoms. The van der Waals surface area contributed by atoms with E-state index in [9.17, 15) is 9.90 Å². The van der Waals surface area contributed by atoms with Gasteiger partial charge in [-0.15, -0.1) is 0 Å². The fourth-order valence-corrected chi connectivity index (χ4v) is 2.26. The number of carboxylic acids is 1. The van der Waals surface area contributed by atoms with Crippen molar-refractivity contribution in [3.63, 3.8) is 0 Å². The molecule has 0 atom stereocenters. The third-order valence-corrected chi connectivity index (χ3v) is 3.04. The summed E-state index contributed by atoms with van der Waals surface area (Å²) >= 11 is 0. The Bertz CT molecular complexity index is 585. The predicted molar refractivity (Wildman–Crippen MR) is 77.4 cm³/mol. The third kappa shape index (κ3) is 3.22. The molecule has 0 aliphatic heterocycles. The van der Waals surface area contributed by atoms with E-state index in [1.54, 1.807) is 12.1 Å². The molecule has 19 heavy (non-hydrogen) atoms. The monoisotopic (exact) mass is 254 g/mol. The summed E-state index contributed by atoms with van der Waals surface area (Å²) in [6.45, 7) is 4.36. The molecule has 2 rings (SSSR count). The average molecular weight is 254 g/mol. The summed E-state index contributed by atoms with van der Waals surface area (Å²) in [4.78, 5) is 11.3.